The number of hydrogen-bond donors (Lipinski definition) is 3. The second-order valence-electron chi connectivity index (χ2n) is 3.39. The maximum Gasteiger partial charge on any atom is 0.251 e. The molecule has 17 heavy (non-hydrogen) atoms. The Labute approximate surface area is 100 Å². The van der Waals surface area contributed by atoms with Gasteiger partial charge in [0, 0.05) is 24.5 Å². The van der Waals surface area contributed by atoms with Crippen molar-refractivity contribution in [2.45, 2.75) is 0 Å². The lowest BCUT2D eigenvalue weighted by Gasteiger charge is -2.05. The summed E-state index contributed by atoms with van der Waals surface area (Å²) in [6, 6.07) is 6.72. The lowest BCUT2D eigenvalue weighted by molar-refractivity contribution is 0.0957. The fourth-order valence-corrected chi connectivity index (χ4v) is 1.23. The highest BCUT2D eigenvalue weighted by Crippen LogP contribution is 2.05. The molecule has 1 aromatic rings. The number of nitrogens with two attached hydrogens (primary N) is 1. The SMILES string of the molecule is C=N/C(=C\NC)CNC(=O)c1ccc(N)cc1. The van der Waals surface area contributed by atoms with E-state index in [0.717, 1.165) is 0 Å². The topological polar surface area (TPSA) is 79.5 Å². The van der Waals surface area contributed by atoms with E-state index in [1.54, 1.807) is 37.5 Å². The second kappa shape index (κ2) is 6.32. The molecule has 0 aliphatic rings. The first kappa shape index (κ1) is 12.8. The molecule has 0 spiro atoms. The quantitative estimate of drug-likeness (QED) is 0.518. The molecule has 0 bridgehead atoms. The molecule has 5 nitrogen and oxygen atoms in total. The molecule has 5 heteroatoms. The van der Waals surface area contributed by atoms with Crippen LogP contribution >= 0.6 is 0 Å². The summed E-state index contributed by atoms with van der Waals surface area (Å²) in [5.41, 5.74) is 7.39. The molecule has 0 aliphatic heterocycles. The highest BCUT2D eigenvalue weighted by atomic mass is 16.1. The second-order valence-corrected chi connectivity index (χ2v) is 3.39. The van der Waals surface area contributed by atoms with E-state index in [4.69, 9.17) is 5.73 Å². The third-order valence-corrected chi connectivity index (χ3v) is 2.12. The van der Waals surface area contributed by atoms with Crippen molar-refractivity contribution in [1.82, 2.24) is 10.6 Å². The summed E-state index contributed by atoms with van der Waals surface area (Å²) in [6.45, 7) is 3.74. The summed E-state index contributed by atoms with van der Waals surface area (Å²) in [6.07, 6.45) is 1.68. The first-order valence-corrected chi connectivity index (χ1v) is 5.14. The molecule has 0 heterocycles. The summed E-state index contributed by atoms with van der Waals surface area (Å²) in [4.78, 5) is 15.5. The summed E-state index contributed by atoms with van der Waals surface area (Å²) in [5.74, 6) is -0.171. The molecule has 1 rings (SSSR count). The van der Waals surface area contributed by atoms with Crippen molar-refractivity contribution >= 4 is 18.3 Å². The third kappa shape index (κ3) is 3.98. The number of anilines is 1. The average molecular weight is 232 g/mol. The molecule has 0 unspecified atom stereocenters. The van der Waals surface area contributed by atoms with Crippen molar-refractivity contribution < 1.29 is 4.79 Å². The van der Waals surface area contributed by atoms with Gasteiger partial charge in [0.15, 0.2) is 0 Å². The van der Waals surface area contributed by atoms with Crippen LogP contribution in [0.3, 0.4) is 0 Å². The number of nitrogen functional groups attached to an aromatic ring is 1. The number of aliphatic imine (C=N–C) groups is 1. The van der Waals surface area contributed by atoms with Crippen LogP contribution in [0, 0.1) is 0 Å². The highest BCUT2D eigenvalue weighted by molar-refractivity contribution is 5.94. The monoisotopic (exact) mass is 232 g/mol. The van der Waals surface area contributed by atoms with Crippen LogP contribution in [0.15, 0.2) is 41.2 Å². The van der Waals surface area contributed by atoms with Gasteiger partial charge in [-0.05, 0) is 31.0 Å². The smallest absolute Gasteiger partial charge is 0.251 e. The molecule has 0 saturated carbocycles. The van der Waals surface area contributed by atoms with Gasteiger partial charge in [-0.15, -0.1) is 0 Å². The van der Waals surface area contributed by atoms with Crippen LogP contribution in [-0.2, 0) is 0 Å². The van der Waals surface area contributed by atoms with Crippen LogP contribution in [-0.4, -0.2) is 26.2 Å². The Morgan fingerprint density at radius 3 is 2.65 bits per heavy atom. The zero-order valence-corrected chi connectivity index (χ0v) is 9.73. The molecule has 1 amide bonds. The Bertz CT molecular complexity index is 423. The summed E-state index contributed by atoms with van der Waals surface area (Å²) in [7, 11) is 1.76. The van der Waals surface area contributed by atoms with Gasteiger partial charge in [0.2, 0.25) is 0 Å². The van der Waals surface area contributed by atoms with E-state index in [-0.39, 0.29) is 5.91 Å². The van der Waals surface area contributed by atoms with E-state index in [9.17, 15) is 4.79 Å². The van der Waals surface area contributed by atoms with Crippen molar-refractivity contribution in [2.75, 3.05) is 19.3 Å². The van der Waals surface area contributed by atoms with Gasteiger partial charge in [-0.2, -0.15) is 0 Å². The summed E-state index contributed by atoms with van der Waals surface area (Å²) in [5, 5.41) is 5.56. The van der Waals surface area contributed by atoms with Crippen LogP contribution < -0.4 is 16.4 Å². The average Bonchev–Trinajstić information content (AvgIpc) is 2.35. The molecule has 4 N–H and O–H groups in total. The number of nitrogens with zero attached hydrogens (tertiary/aromatic N) is 1. The maximum atomic E-state index is 11.7. The number of rotatable bonds is 5. The minimum Gasteiger partial charge on any atom is -0.399 e. The lowest BCUT2D eigenvalue weighted by atomic mass is 10.2. The van der Waals surface area contributed by atoms with Gasteiger partial charge in [0.1, 0.15) is 0 Å². The number of hydrogen-bond acceptors (Lipinski definition) is 4. The summed E-state index contributed by atoms with van der Waals surface area (Å²) >= 11 is 0. The number of carbonyl (C=O) groups is 1. The zero-order chi connectivity index (χ0) is 12.7. The standard InChI is InChI=1S/C12H16N4O/c1-14-7-11(15-2)8-16-12(17)9-3-5-10(13)6-4-9/h3-7,14H,2,8,13H2,1H3,(H,16,17)/b11-7-. The Hall–Kier alpha value is -2.30. The van der Waals surface area contributed by atoms with Gasteiger partial charge in [-0.25, -0.2) is 0 Å². The lowest BCUT2D eigenvalue weighted by Crippen LogP contribution is -2.25. The summed E-state index contributed by atoms with van der Waals surface area (Å²) < 4.78 is 0. The normalized spacial score (nSPS) is 10.8. The Kier molecular flexibility index (Phi) is 4.75. The predicted octanol–water partition coefficient (Wildman–Crippen LogP) is 0.760. The van der Waals surface area contributed by atoms with Crippen LogP contribution in [0.5, 0.6) is 0 Å². The van der Waals surface area contributed by atoms with Crippen molar-refractivity contribution in [3.05, 3.63) is 41.7 Å². The minimum atomic E-state index is -0.171. The van der Waals surface area contributed by atoms with E-state index in [1.165, 1.54) is 0 Å². The van der Waals surface area contributed by atoms with Gasteiger partial charge in [-0.3, -0.25) is 9.79 Å². The number of nitrogens with one attached hydrogen (secondary N) is 2. The third-order valence-electron chi connectivity index (χ3n) is 2.12. The van der Waals surface area contributed by atoms with E-state index in [1.807, 2.05) is 0 Å². The fourth-order valence-electron chi connectivity index (χ4n) is 1.23. The van der Waals surface area contributed by atoms with Crippen molar-refractivity contribution in [2.24, 2.45) is 4.99 Å². The van der Waals surface area contributed by atoms with Gasteiger partial charge in [0.05, 0.1) is 12.2 Å². The van der Waals surface area contributed by atoms with Crippen molar-refractivity contribution in [3.63, 3.8) is 0 Å². The predicted molar refractivity (Wildman–Crippen MR) is 69.9 cm³/mol. The van der Waals surface area contributed by atoms with Gasteiger partial charge in [-0.1, -0.05) is 0 Å². The van der Waals surface area contributed by atoms with Crippen molar-refractivity contribution in [3.8, 4) is 0 Å². The first-order valence-electron chi connectivity index (χ1n) is 5.14. The van der Waals surface area contributed by atoms with Gasteiger partial charge in [0.25, 0.3) is 5.91 Å². The largest absolute Gasteiger partial charge is 0.399 e. The molecular formula is C12H16N4O. The molecular weight excluding hydrogens is 216 g/mol. The van der Waals surface area contributed by atoms with Gasteiger partial charge >= 0.3 is 0 Å². The molecule has 0 atom stereocenters. The number of amides is 1. The Morgan fingerprint density at radius 1 is 1.47 bits per heavy atom. The van der Waals surface area contributed by atoms with Crippen LogP contribution in [0.25, 0.3) is 0 Å². The molecule has 1 aromatic carbocycles. The first-order chi connectivity index (χ1) is 8.17. The Balaban J connectivity index is 2.58. The molecule has 0 fully saturated rings. The number of benzene rings is 1. The molecule has 0 aromatic heterocycles. The van der Waals surface area contributed by atoms with Gasteiger partial charge < -0.3 is 16.4 Å². The van der Waals surface area contributed by atoms with E-state index in [0.29, 0.717) is 23.5 Å². The maximum absolute atomic E-state index is 11.7. The van der Waals surface area contributed by atoms with Crippen LogP contribution in [0.4, 0.5) is 5.69 Å². The highest BCUT2D eigenvalue weighted by Gasteiger charge is 2.04. The van der Waals surface area contributed by atoms with Crippen molar-refractivity contribution in [1.29, 1.82) is 0 Å². The van der Waals surface area contributed by atoms with Crippen LogP contribution in [0.1, 0.15) is 10.4 Å². The molecule has 90 valence electrons. The van der Waals surface area contributed by atoms with Crippen LogP contribution in [0.2, 0.25) is 0 Å². The zero-order valence-electron chi connectivity index (χ0n) is 9.73. The minimum absolute atomic E-state index is 0.171. The van der Waals surface area contributed by atoms with E-state index in [2.05, 4.69) is 22.3 Å². The van der Waals surface area contributed by atoms with E-state index >= 15 is 0 Å². The van der Waals surface area contributed by atoms with E-state index < -0.39 is 0 Å². The molecule has 0 aliphatic carbocycles. The number of carbonyl (C=O) groups excluding carboxylic acids is 1. The Morgan fingerprint density at radius 2 is 2.12 bits per heavy atom. The fraction of sp³-hybridized carbons (Fsp3) is 0.167. The molecule has 0 radical (unpaired) electrons. The molecule has 0 saturated heterocycles.